The highest BCUT2D eigenvalue weighted by atomic mass is 32.1. The van der Waals surface area contributed by atoms with Gasteiger partial charge in [0.25, 0.3) is 5.91 Å². The van der Waals surface area contributed by atoms with Crippen molar-refractivity contribution in [2.45, 2.75) is 46.1 Å². The van der Waals surface area contributed by atoms with E-state index < -0.39 is 0 Å². The molecule has 0 aliphatic carbocycles. The van der Waals surface area contributed by atoms with Gasteiger partial charge in [-0.25, -0.2) is 0 Å². The van der Waals surface area contributed by atoms with E-state index in [0.717, 1.165) is 24.4 Å². The summed E-state index contributed by atoms with van der Waals surface area (Å²) in [5.41, 5.74) is 7.31. The van der Waals surface area contributed by atoms with E-state index in [2.05, 4.69) is 33.8 Å². The van der Waals surface area contributed by atoms with Crippen LogP contribution < -0.4 is 5.73 Å². The number of carbonyl (C=O) groups excluding carboxylic acids is 1. The Bertz CT molecular complexity index is 464. The monoisotopic (exact) mass is 280 g/mol. The van der Waals surface area contributed by atoms with E-state index in [1.165, 1.54) is 5.56 Å². The van der Waals surface area contributed by atoms with Crippen LogP contribution in [-0.4, -0.2) is 29.9 Å². The Labute approximate surface area is 119 Å². The molecule has 106 valence electrons. The summed E-state index contributed by atoms with van der Waals surface area (Å²) < 4.78 is 0. The Balaban J connectivity index is 2.18. The van der Waals surface area contributed by atoms with Gasteiger partial charge in [0, 0.05) is 19.1 Å². The van der Waals surface area contributed by atoms with Crippen LogP contribution in [0.4, 0.5) is 0 Å². The van der Waals surface area contributed by atoms with Crippen LogP contribution >= 0.6 is 11.3 Å². The molecule has 2 N–H and O–H groups in total. The lowest BCUT2D eigenvalue weighted by molar-refractivity contribution is 0.0536. The van der Waals surface area contributed by atoms with Crippen LogP contribution in [0.1, 0.15) is 55.3 Å². The number of rotatable bonds is 2. The zero-order valence-electron chi connectivity index (χ0n) is 12.3. The highest BCUT2D eigenvalue weighted by Crippen LogP contribution is 2.31. The molecular weight excluding hydrogens is 256 g/mol. The largest absolute Gasteiger partial charge is 0.337 e. The standard InChI is InChI=1S/C15H24N2OS/c1-10(2)11-6-8-19-13(11)14(18)17-7-5-12(16)15(3,4)9-17/h6,8,10,12H,5,7,9,16H2,1-4H3. The molecule has 1 aliphatic rings. The summed E-state index contributed by atoms with van der Waals surface area (Å²) in [6.07, 6.45) is 0.890. The Hall–Kier alpha value is -0.870. The van der Waals surface area contributed by atoms with Crippen LogP contribution in [0.15, 0.2) is 11.4 Å². The number of thiophene rings is 1. The van der Waals surface area contributed by atoms with Gasteiger partial charge in [-0.2, -0.15) is 0 Å². The van der Waals surface area contributed by atoms with Crippen molar-refractivity contribution in [3.8, 4) is 0 Å². The zero-order chi connectivity index (χ0) is 14.2. The lowest BCUT2D eigenvalue weighted by Crippen LogP contribution is -2.54. The highest BCUT2D eigenvalue weighted by molar-refractivity contribution is 7.12. The van der Waals surface area contributed by atoms with Crippen molar-refractivity contribution in [1.29, 1.82) is 0 Å². The van der Waals surface area contributed by atoms with Crippen molar-refractivity contribution >= 4 is 17.2 Å². The van der Waals surface area contributed by atoms with Crippen molar-refractivity contribution < 1.29 is 4.79 Å². The Morgan fingerprint density at radius 2 is 2.21 bits per heavy atom. The third-order valence-electron chi connectivity index (χ3n) is 4.11. The lowest BCUT2D eigenvalue weighted by Gasteiger charge is -2.42. The third-order valence-corrected chi connectivity index (χ3v) is 5.03. The minimum atomic E-state index is 0.00314. The van der Waals surface area contributed by atoms with Gasteiger partial charge in [0.15, 0.2) is 0 Å². The molecule has 1 atom stereocenters. The molecule has 0 radical (unpaired) electrons. The van der Waals surface area contributed by atoms with E-state index in [1.807, 2.05) is 10.3 Å². The van der Waals surface area contributed by atoms with Crippen LogP contribution in [-0.2, 0) is 0 Å². The molecule has 2 rings (SSSR count). The minimum Gasteiger partial charge on any atom is -0.337 e. The lowest BCUT2D eigenvalue weighted by atomic mass is 9.79. The van der Waals surface area contributed by atoms with Crippen LogP contribution in [0.5, 0.6) is 0 Å². The first kappa shape index (κ1) is 14.5. The maximum atomic E-state index is 12.7. The van der Waals surface area contributed by atoms with E-state index in [1.54, 1.807) is 11.3 Å². The van der Waals surface area contributed by atoms with E-state index in [9.17, 15) is 4.79 Å². The van der Waals surface area contributed by atoms with Gasteiger partial charge in [0.05, 0.1) is 4.88 Å². The Morgan fingerprint density at radius 1 is 1.53 bits per heavy atom. The van der Waals surface area contributed by atoms with Crippen molar-refractivity contribution in [3.05, 3.63) is 21.9 Å². The van der Waals surface area contributed by atoms with Gasteiger partial charge >= 0.3 is 0 Å². The normalized spacial score (nSPS) is 22.8. The second-order valence-corrected chi connectivity index (χ2v) is 7.39. The minimum absolute atomic E-state index is 0.00314. The number of nitrogens with two attached hydrogens (primary N) is 1. The van der Waals surface area contributed by atoms with Crippen LogP contribution in [0.25, 0.3) is 0 Å². The van der Waals surface area contributed by atoms with Crippen molar-refractivity contribution in [1.82, 2.24) is 4.90 Å². The topological polar surface area (TPSA) is 46.3 Å². The SMILES string of the molecule is CC(C)c1ccsc1C(=O)N1CCC(N)C(C)(C)C1. The quantitative estimate of drug-likeness (QED) is 0.905. The first-order valence-corrected chi connectivity index (χ1v) is 7.83. The van der Waals surface area contributed by atoms with Crippen LogP contribution in [0.3, 0.4) is 0 Å². The molecule has 1 fully saturated rings. The van der Waals surface area contributed by atoms with Gasteiger partial charge < -0.3 is 10.6 Å². The Morgan fingerprint density at radius 3 is 2.79 bits per heavy atom. The fourth-order valence-electron chi connectivity index (χ4n) is 2.64. The molecule has 4 heteroatoms. The van der Waals surface area contributed by atoms with Gasteiger partial charge in [-0.1, -0.05) is 27.7 Å². The second kappa shape index (κ2) is 5.25. The molecule has 0 saturated carbocycles. The summed E-state index contributed by atoms with van der Waals surface area (Å²) in [4.78, 5) is 15.6. The van der Waals surface area contributed by atoms with Gasteiger partial charge in [0.2, 0.25) is 0 Å². The molecule has 0 aromatic carbocycles. The summed E-state index contributed by atoms with van der Waals surface area (Å²) >= 11 is 1.56. The second-order valence-electron chi connectivity index (χ2n) is 6.47. The molecule has 19 heavy (non-hydrogen) atoms. The van der Waals surface area contributed by atoms with Gasteiger partial charge in [0.1, 0.15) is 0 Å². The predicted octanol–water partition coefficient (Wildman–Crippen LogP) is 3.07. The summed E-state index contributed by atoms with van der Waals surface area (Å²) in [5.74, 6) is 0.573. The number of piperidine rings is 1. The summed E-state index contributed by atoms with van der Waals surface area (Å²) in [5, 5.41) is 2.02. The van der Waals surface area contributed by atoms with E-state index >= 15 is 0 Å². The van der Waals surface area contributed by atoms with Crippen LogP contribution in [0, 0.1) is 5.41 Å². The number of hydrogen-bond acceptors (Lipinski definition) is 3. The number of carbonyl (C=O) groups is 1. The molecule has 1 saturated heterocycles. The average Bonchev–Trinajstić information content (AvgIpc) is 2.80. The van der Waals surface area contributed by atoms with E-state index in [0.29, 0.717) is 5.92 Å². The highest BCUT2D eigenvalue weighted by Gasteiger charge is 2.36. The molecule has 1 amide bonds. The number of likely N-dealkylation sites (tertiary alicyclic amines) is 1. The van der Waals surface area contributed by atoms with Crippen molar-refractivity contribution in [3.63, 3.8) is 0 Å². The fraction of sp³-hybridized carbons (Fsp3) is 0.667. The molecule has 1 aromatic heterocycles. The first-order chi connectivity index (χ1) is 8.83. The molecule has 1 aliphatic heterocycles. The van der Waals surface area contributed by atoms with Gasteiger partial charge in [-0.3, -0.25) is 4.79 Å². The predicted molar refractivity (Wildman–Crippen MR) is 80.7 cm³/mol. The molecule has 2 heterocycles. The summed E-state index contributed by atoms with van der Waals surface area (Å²) in [6, 6.07) is 2.26. The van der Waals surface area contributed by atoms with Gasteiger partial charge in [-0.05, 0) is 34.8 Å². The van der Waals surface area contributed by atoms with Gasteiger partial charge in [-0.15, -0.1) is 11.3 Å². The zero-order valence-corrected chi connectivity index (χ0v) is 13.1. The molecule has 0 bridgehead atoms. The maximum absolute atomic E-state index is 12.7. The molecule has 0 spiro atoms. The number of nitrogens with zero attached hydrogens (tertiary/aromatic N) is 1. The summed E-state index contributed by atoms with van der Waals surface area (Å²) in [7, 11) is 0. The number of amides is 1. The molecule has 3 nitrogen and oxygen atoms in total. The smallest absolute Gasteiger partial charge is 0.264 e. The van der Waals surface area contributed by atoms with Crippen LogP contribution in [0.2, 0.25) is 0 Å². The Kier molecular flexibility index (Phi) is 4.02. The molecular formula is C15H24N2OS. The van der Waals surface area contributed by atoms with Crippen molar-refractivity contribution in [2.24, 2.45) is 11.1 Å². The first-order valence-electron chi connectivity index (χ1n) is 6.95. The maximum Gasteiger partial charge on any atom is 0.264 e. The average molecular weight is 280 g/mol. The van der Waals surface area contributed by atoms with E-state index in [4.69, 9.17) is 5.73 Å². The fourth-order valence-corrected chi connectivity index (χ4v) is 3.66. The molecule has 1 aromatic rings. The number of hydrogen-bond donors (Lipinski definition) is 1. The third kappa shape index (κ3) is 2.84. The van der Waals surface area contributed by atoms with Crippen molar-refractivity contribution in [2.75, 3.05) is 13.1 Å². The summed E-state index contributed by atoms with van der Waals surface area (Å²) in [6.45, 7) is 10.1. The van der Waals surface area contributed by atoms with E-state index in [-0.39, 0.29) is 17.4 Å². The molecule has 1 unspecified atom stereocenters.